The zero-order chi connectivity index (χ0) is 19.8. The Hall–Kier alpha value is -0.316. The van der Waals surface area contributed by atoms with Crippen molar-refractivity contribution in [3.05, 3.63) is 0 Å². The molecule has 0 amide bonds. The van der Waals surface area contributed by atoms with Crippen LogP contribution in [0.2, 0.25) is 26.2 Å². The lowest BCUT2D eigenvalue weighted by atomic mass is 10.3. The molecular formula is C10H17F9O3Si2. The largest absolute Gasteiger partial charge is 0.422 e. The topological polar surface area (TPSA) is 27.7 Å². The van der Waals surface area contributed by atoms with E-state index in [0.717, 1.165) is 26.2 Å². The van der Waals surface area contributed by atoms with Crippen LogP contribution in [0.15, 0.2) is 0 Å². The molecule has 14 heteroatoms. The Morgan fingerprint density at radius 3 is 1.25 bits per heavy atom. The highest BCUT2D eigenvalue weighted by Gasteiger charge is 2.60. The third-order valence-corrected chi connectivity index (χ3v) is 8.07. The summed E-state index contributed by atoms with van der Waals surface area (Å²) in [6.07, 6.45) is -22.6. The van der Waals surface area contributed by atoms with E-state index in [9.17, 15) is 39.5 Å². The van der Waals surface area contributed by atoms with Crippen LogP contribution in [0.25, 0.3) is 0 Å². The first-order valence-corrected chi connectivity index (χ1v) is 12.1. The van der Waals surface area contributed by atoms with Crippen LogP contribution in [0, 0.1) is 0 Å². The van der Waals surface area contributed by atoms with E-state index in [1.165, 1.54) is 0 Å². The van der Waals surface area contributed by atoms with Gasteiger partial charge in [-0.05, 0) is 33.1 Å². The zero-order valence-electron chi connectivity index (χ0n) is 13.3. The van der Waals surface area contributed by atoms with Crippen LogP contribution in [-0.2, 0) is 13.0 Å². The molecule has 0 fully saturated rings. The van der Waals surface area contributed by atoms with Gasteiger partial charge in [-0.1, -0.05) is 0 Å². The van der Waals surface area contributed by atoms with Crippen LogP contribution in [0.3, 0.4) is 0 Å². The lowest BCUT2D eigenvalue weighted by molar-refractivity contribution is -0.304. The van der Waals surface area contributed by atoms with Crippen molar-refractivity contribution in [2.45, 2.75) is 63.8 Å². The molecule has 0 aliphatic rings. The normalized spacial score (nSPS) is 16.6. The lowest BCUT2D eigenvalue weighted by Crippen LogP contribution is -2.56. The van der Waals surface area contributed by atoms with E-state index in [0.29, 0.717) is 6.92 Å². The molecule has 146 valence electrons. The van der Waals surface area contributed by atoms with E-state index in [1.54, 1.807) is 0 Å². The monoisotopic (exact) mass is 412 g/mol. The van der Waals surface area contributed by atoms with Crippen LogP contribution in [0.5, 0.6) is 0 Å². The highest BCUT2D eigenvalue weighted by atomic mass is 28.5. The summed E-state index contributed by atoms with van der Waals surface area (Å²) in [6.45, 7) is 4.54. The van der Waals surface area contributed by atoms with Gasteiger partial charge in [-0.25, -0.2) is 0 Å². The second-order valence-corrected chi connectivity index (χ2v) is 12.7. The summed E-state index contributed by atoms with van der Waals surface area (Å²) < 4.78 is 126. The fourth-order valence-corrected chi connectivity index (χ4v) is 8.68. The molecule has 0 heterocycles. The van der Waals surface area contributed by atoms with Crippen molar-refractivity contribution in [1.82, 2.24) is 0 Å². The van der Waals surface area contributed by atoms with Gasteiger partial charge in [0.1, 0.15) is 6.10 Å². The summed E-state index contributed by atoms with van der Waals surface area (Å²) in [5.74, 6) is 0. The predicted octanol–water partition coefficient (Wildman–Crippen LogP) is 4.88. The van der Waals surface area contributed by atoms with Crippen molar-refractivity contribution in [2.75, 3.05) is 0 Å². The van der Waals surface area contributed by atoms with Crippen molar-refractivity contribution in [1.29, 1.82) is 0 Å². The first-order chi connectivity index (χ1) is 10.2. The average molecular weight is 412 g/mol. The second-order valence-electron chi connectivity index (χ2n) is 5.78. The molecule has 0 saturated carbocycles. The van der Waals surface area contributed by atoms with Crippen LogP contribution >= 0.6 is 0 Å². The Balaban J connectivity index is 5.18. The van der Waals surface area contributed by atoms with Crippen LogP contribution in [-0.4, -0.2) is 47.9 Å². The zero-order valence-corrected chi connectivity index (χ0v) is 15.3. The minimum atomic E-state index is -5.74. The third-order valence-electron chi connectivity index (χ3n) is 2.41. The molecule has 0 bridgehead atoms. The van der Waals surface area contributed by atoms with Crippen molar-refractivity contribution in [2.24, 2.45) is 0 Å². The Labute approximate surface area is 134 Å². The molecule has 0 aliphatic carbocycles. The highest BCUT2D eigenvalue weighted by molar-refractivity contribution is 6.78. The molecule has 0 radical (unpaired) electrons. The van der Waals surface area contributed by atoms with Gasteiger partial charge in [0.25, 0.3) is 0 Å². The van der Waals surface area contributed by atoms with Gasteiger partial charge >= 0.3 is 35.7 Å². The molecule has 3 nitrogen and oxygen atoms in total. The molecule has 0 N–H and O–H groups in total. The SMILES string of the molecule is CC(O[Si](C)(C)O[Si](C)(C)OC(C(F)(F)F)C(F)(F)F)C(F)(F)F. The van der Waals surface area contributed by atoms with Gasteiger partial charge in [0.05, 0.1) is 0 Å². The van der Waals surface area contributed by atoms with Gasteiger partial charge < -0.3 is 13.0 Å². The van der Waals surface area contributed by atoms with Crippen molar-refractivity contribution in [3.63, 3.8) is 0 Å². The van der Waals surface area contributed by atoms with Crippen LogP contribution < -0.4 is 0 Å². The standard InChI is InChI=1S/C10H17F9O3Si2/c1-6(8(11,12)13)20-23(2,3)22-24(4,5)21-7(9(14,15)16)10(17,18)19/h6-7H,1-5H3. The molecule has 0 aromatic rings. The third kappa shape index (κ3) is 8.18. The average Bonchev–Trinajstić information content (AvgIpc) is 2.19. The Kier molecular flexibility index (Phi) is 7.03. The molecular weight excluding hydrogens is 395 g/mol. The van der Waals surface area contributed by atoms with Gasteiger partial charge in [0, 0.05) is 0 Å². The summed E-state index contributed by atoms with van der Waals surface area (Å²) in [7, 11) is -7.83. The summed E-state index contributed by atoms with van der Waals surface area (Å²) in [4.78, 5) is 0. The first kappa shape index (κ1) is 23.7. The van der Waals surface area contributed by atoms with E-state index in [1.807, 2.05) is 0 Å². The quantitative estimate of drug-likeness (QED) is 0.460. The minimum absolute atomic E-state index is 0.655. The van der Waals surface area contributed by atoms with E-state index in [-0.39, 0.29) is 0 Å². The molecule has 0 aliphatic heterocycles. The number of halogens is 9. The predicted molar refractivity (Wildman–Crippen MR) is 69.6 cm³/mol. The van der Waals surface area contributed by atoms with E-state index in [4.69, 9.17) is 4.12 Å². The van der Waals surface area contributed by atoms with Gasteiger partial charge in [0.2, 0.25) is 6.10 Å². The molecule has 0 aromatic heterocycles. The molecule has 1 unspecified atom stereocenters. The molecule has 0 aromatic carbocycles. The van der Waals surface area contributed by atoms with E-state index < -0.39 is 47.9 Å². The second kappa shape index (κ2) is 7.13. The van der Waals surface area contributed by atoms with Crippen LogP contribution in [0.1, 0.15) is 6.92 Å². The molecule has 0 spiro atoms. The Morgan fingerprint density at radius 2 is 0.958 bits per heavy atom. The van der Waals surface area contributed by atoms with Crippen molar-refractivity contribution < 1.29 is 52.5 Å². The summed E-state index contributed by atoms with van der Waals surface area (Å²) in [6, 6.07) is 0. The van der Waals surface area contributed by atoms with Crippen molar-refractivity contribution in [3.8, 4) is 0 Å². The Bertz CT molecular complexity index is 403. The molecule has 1 atom stereocenters. The molecule has 0 saturated heterocycles. The smallest absolute Gasteiger partial charge is 0.415 e. The lowest BCUT2D eigenvalue weighted by Gasteiger charge is -2.37. The number of hydrogen-bond acceptors (Lipinski definition) is 3. The first-order valence-electron chi connectivity index (χ1n) is 6.43. The molecule has 24 heavy (non-hydrogen) atoms. The number of hydrogen-bond donors (Lipinski definition) is 0. The summed E-state index contributed by atoms with van der Waals surface area (Å²) >= 11 is 0. The van der Waals surface area contributed by atoms with Gasteiger partial charge in [-0.15, -0.1) is 0 Å². The van der Waals surface area contributed by atoms with Crippen LogP contribution in [0.4, 0.5) is 39.5 Å². The maximum absolute atomic E-state index is 12.5. The molecule has 0 rings (SSSR count). The van der Waals surface area contributed by atoms with Crippen molar-refractivity contribution >= 4 is 17.1 Å². The van der Waals surface area contributed by atoms with E-state index >= 15 is 0 Å². The van der Waals surface area contributed by atoms with Gasteiger partial charge in [-0.2, -0.15) is 39.5 Å². The van der Waals surface area contributed by atoms with Gasteiger partial charge in [-0.3, -0.25) is 0 Å². The maximum atomic E-state index is 12.5. The fourth-order valence-electron chi connectivity index (χ4n) is 1.74. The highest BCUT2D eigenvalue weighted by Crippen LogP contribution is 2.38. The minimum Gasteiger partial charge on any atom is -0.415 e. The summed E-state index contributed by atoms with van der Waals surface area (Å²) in [5.41, 5.74) is 0. The summed E-state index contributed by atoms with van der Waals surface area (Å²) in [5, 5.41) is 0. The number of rotatable bonds is 6. The maximum Gasteiger partial charge on any atom is 0.422 e. The van der Waals surface area contributed by atoms with Gasteiger partial charge in [0.15, 0.2) is 0 Å². The number of alkyl halides is 9. The fraction of sp³-hybridized carbons (Fsp3) is 1.00. The Morgan fingerprint density at radius 1 is 0.625 bits per heavy atom. The van der Waals surface area contributed by atoms with E-state index in [2.05, 4.69) is 8.85 Å².